The van der Waals surface area contributed by atoms with Crippen molar-refractivity contribution >= 4 is 11.7 Å². The fourth-order valence-corrected chi connectivity index (χ4v) is 4.27. The Hall–Kier alpha value is -1.40. The van der Waals surface area contributed by atoms with Gasteiger partial charge in [0.2, 0.25) is 5.91 Å². The summed E-state index contributed by atoms with van der Waals surface area (Å²) in [7, 11) is 0. The third kappa shape index (κ3) is 2.90. The summed E-state index contributed by atoms with van der Waals surface area (Å²) >= 11 is 0. The maximum Gasteiger partial charge on any atom is 0.239 e. The van der Waals surface area contributed by atoms with Crippen molar-refractivity contribution in [3.05, 3.63) is 12.3 Å². The summed E-state index contributed by atoms with van der Waals surface area (Å²) in [5, 5.41) is 7.50. The molecule has 1 N–H and O–H groups in total. The molecule has 6 heteroatoms. The van der Waals surface area contributed by atoms with Gasteiger partial charge in [-0.15, -0.1) is 0 Å². The van der Waals surface area contributed by atoms with Crippen LogP contribution in [-0.4, -0.2) is 52.4 Å². The number of hydrogen-bond donors (Lipinski definition) is 1. The van der Waals surface area contributed by atoms with E-state index in [1.165, 1.54) is 19.3 Å². The molecular weight excluding hydrogens is 292 g/mol. The van der Waals surface area contributed by atoms with Gasteiger partial charge in [0.05, 0.1) is 32.0 Å². The zero-order valence-corrected chi connectivity index (χ0v) is 13.7. The molecule has 1 aromatic heterocycles. The highest BCUT2D eigenvalue weighted by atomic mass is 16.5. The SMILES string of the molecule is O=C(CN1CCOCC12CCC2)Nc1ccnn1C1CCCC1. The molecule has 3 fully saturated rings. The second-order valence-electron chi connectivity index (χ2n) is 7.20. The molecule has 0 unspecified atom stereocenters. The van der Waals surface area contributed by atoms with Gasteiger partial charge < -0.3 is 10.1 Å². The van der Waals surface area contributed by atoms with Crippen molar-refractivity contribution in [3.63, 3.8) is 0 Å². The molecule has 6 nitrogen and oxygen atoms in total. The Morgan fingerprint density at radius 3 is 2.91 bits per heavy atom. The minimum atomic E-state index is 0.0675. The van der Waals surface area contributed by atoms with Crippen LogP contribution in [0, 0.1) is 0 Å². The Balaban J connectivity index is 1.39. The lowest BCUT2D eigenvalue weighted by Crippen LogP contribution is -2.62. The van der Waals surface area contributed by atoms with Crippen molar-refractivity contribution in [1.82, 2.24) is 14.7 Å². The average Bonchev–Trinajstić information content (AvgIpc) is 3.16. The van der Waals surface area contributed by atoms with Crippen LogP contribution in [0.2, 0.25) is 0 Å². The van der Waals surface area contributed by atoms with E-state index in [0.29, 0.717) is 12.6 Å². The molecule has 1 aliphatic heterocycles. The molecule has 126 valence electrons. The van der Waals surface area contributed by atoms with Gasteiger partial charge >= 0.3 is 0 Å². The minimum Gasteiger partial charge on any atom is -0.378 e. The number of anilines is 1. The Morgan fingerprint density at radius 2 is 2.17 bits per heavy atom. The molecule has 0 atom stereocenters. The van der Waals surface area contributed by atoms with Gasteiger partial charge in [-0.2, -0.15) is 5.10 Å². The molecule has 1 aromatic rings. The summed E-state index contributed by atoms with van der Waals surface area (Å²) in [5.74, 6) is 0.913. The van der Waals surface area contributed by atoms with E-state index < -0.39 is 0 Å². The average molecular weight is 318 g/mol. The highest BCUT2D eigenvalue weighted by Crippen LogP contribution is 2.39. The van der Waals surface area contributed by atoms with Crippen molar-refractivity contribution < 1.29 is 9.53 Å². The zero-order chi connectivity index (χ0) is 15.7. The van der Waals surface area contributed by atoms with Crippen LogP contribution >= 0.6 is 0 Å². The number of nitrogens with one attached hydrogen (secondary N) is 1. The molecular formula is C17H26N4O2. The van der Waals surface area contributed by atoms with Crippen LogP contribution in [0.4, 0.5) is 5.82 Å². The molecule has 2 saturated carbocycles. The zero-order valence-electron chi connectivity index (χ0n) is 13.7. The topological polar surface area (TPSA) is 59.4 Å². The van der Waals surface area contributed by atoms with Crippen molar-refractivity contribution in [2.24, 2.45) is 0 Å². The van der Waals surface area contributed by atoms with E-state index in [1.54, 1.807) is 6.20 Å². The molecule has 1 saturated heterocycles. The molecule has 4 rings (SSSR count). The molecule has 0 radical (unpaired) electrons. The number of morpholine rings is 1. The van der Waals surface area contributed by atoms with Gasteiger partial charge in [0.15, 0.2) is 0 Å². The lowest BCUT2D eigenvalue weighted by Gasteiger charge is -2.52. The van der Waals surface area contributed by atoms with Gasteiger partial charge in [0.1, 0.15) is 5.82 Å². The predicted octanol–water partition coefficient (Wildman–Crippen LogP) is 2.19. The highest BCUT2D eigenvalue weighted by Gasteiger charge is 2.45. The lowest BCUT2D eigenvalue weighted by atomic mass is 9.75. The van der Waals surface area contributed by atoms with Crippen LogP contribution in [0.5, 0.6) is 0 Å². The molecule has 1 amide bonds. The smallest absolute Gasteiger partial charge is 0.239 e. The van der Waals surface area contributed by atoms with E-state index in [4.69, 9.17) is 4.74 Å². The third-order valence-electron chi connectivity index (χ3n) is 5.77. The number of nitrogens with zero attached hydrogens (tertiary/aromatic N) is 3. The summed E-state index contributed by atoms with van der Waals surface area (Å²) in [5.41, 5.74) is 0.126. The lowest BCUT2D eigenvalue weighted by molar-refractivity contribution is -0.131. The van der Waals surface area contributed by atoms with E-state index in [9.17, 15) is 4.79 Å². The second kappa shape index (κ2) is 6.24. The maximum atomic E-state index is 12.5. The fraction of sp³-hybridized carbons (Fsp3) is 0.765. The summed E-state index contributed by atoms with van der Waals surface area (Å²) < 4.78 is 7.65. The van der Waals surface area contributed by atoms with E-state index in [1.807, 2.05) is 10.7 Å². The second-order valence-corrected chi connectivity index (χ2v) is 7.20. The first-order valence-corrected chi connectivity index (χ1v) is 8.93. The van der Waals surface area contributed by atoms with Gasteiger partial charge in [-0.05, 0) is 32.1 Å². The Bertz CT molecular complexity index is 561. The van der Waals surface area contributed by atoms with E-state index >= 15 is 0 Å². The number of hydrogen-bond acceptors (Lipinski definition) is 4. The van der Waals surface area contributed by atoms with Crippen LogP contribution < -0.4 is 5.32 Å². The van der Waals surface area contributed by atoms with Crippen LogP contribution in [0.3, 0.4) is 0 Å². The van der Waals surface area contributed by atoms with Gasteiger partial charge in [-0.25, -0.2) is 4.68 Å². The first kappa shape index (κ1) is 15.1. The monoisotopic (exact) mass is 318 g/mol. The quantitative estimate of drug-likeness (QED) is 0.924. The summed E-state index contributed by atoms with van der Waals surface area (Å²) in [6.45, 7) is 2.82. The molecule has 0 bridgehead atoms. The number of carbonyl (C=O) groups excluding carboxylic acids is 1. The largest absolute Gasteiger partial charge is 0.378 e. The normalized spacial score (nSPS) is 24.7. The molecule has 1 spiro atoms. The van der Waals surface area contributed by atoms with E-state index in [2.05, 4.69) is 15.3 Å². The van der Waals surface area contributed by atoms with Crippen molar-refractivity contribution in [1.29, 1.82) is 0 Å². The Morgan fingerprint density at radius 1 is 1.35 bits per heavy atom. The van der Waals surface area contributed by atoms with Crippen molar-refractivity contribution in [2.45, 2.75) is 56.5 Å². The maximum absolute atomic E-state index is 12.5. The molecule has 0 aromatic carbocycles. The summed E-state index contributed by atoms with van der Waals surface area (Å²) in [6, 6.07) is 2.36. The predicted molar refractivity (Wildman–Crippen MR) is 87.3 cm³/mol. The molecule has 23 heavy (non-hydrogen) atoms. The van der Waals surface area contributed by atoms with Crippen LogP contribution in [-0.2, 0) is 9.53 Å². The standard InChI is InChI=1S/C17H26N4O2/c22-16(12-20-10-11-23-13-17(20)7-3-8-17)19-15-6-9-18-21(15)14-4-1-2-5-14/h6,9,14H,1-5,7-8,10-13H2,(H,19,22). The highest BCUT2D eigenvalue weighted by molar-refractivity contribution is 5.91. The Labute approximate surface area is 137 Å². The number of aromatic nitrogens is 2. The number of ether oxygens (including phenoxy) is 1. The first-order valence-electron chi connectivity index (χ1n) is 8.93. The molecule has 3 aliphatic rings. The first-order chi connectivity index (χ1) is 11.3. The van der Waals surface area contributed by atoms with Gasteiger partial charge in [-0.1, -0.05) is 12.8 Å². The third-order valence-corrected chi connectivity index (χ3v) is 5.77. The van der Waals surface area contributed by atoms with E-state index in [-0.39, 0.29) is 11.4 Å². The number of rotatable bonds is 4. The number of amides is 1. The summed E-state index contributed by atoms with van der Waals surface area (Å²) in [4.78, 5) is 14.9. The van der Waals surface area contributed by atoms with E-state index in [0.717, 1.165) is 51.3 Å². The minimum absolute atomic E-state index is 0.0675. The van der Waals surface area contributed by atoms with Gasteiger partial charge in [0.25, 0.3) is 0 Å². The van der Waals surface area contributed by atoms with Crippen LogP contribution in [0.1, 0.15) is 51.0 Å². The summed E-state index contributed by atoms with van der Waals surface area (Å²) in [6.07, 6.45) is 10.2. The molecule has 2 aliphatic carbocycles. The van der Waals surface area contributed by atoms with Crippen molar-refractivity contribution in [2.75, 3.05) is 31.6 Å². The molecule has 2 heterocycles. The van der Waals surface area contributed by atoms with Gasteiger partial charge in [0, 0.05) is 18.2 Å². The van der Waals surface area contributed by atoms with Crippen LogP contribution in [0.25, 0.3) is 0 Å². The van der Waals surface area contributed by atoms with Gasteiger partial charge in [-0.3, -0.25) is 9.69 Å². The van der Waals surface area contributed by atoms with Crippen LogP contribution in [0.15, 0.2) is 12.3 Å². The fourth-order valence-electron chi connectivity index (χ4n) is 4.27. The van der Waals surface area contributed by atoms with Crippen molar-refractivity contribution in [3.8, 4) is 0 Å². The number of carbonyl (C=O) groups is 1. The Kier molecular flexibility index (Phi) is 4.11.